The second kappa shape index (κ2) is 7.91. The number of anilines is 1. The number of likely N-dealkylation sites (N-methyl/N-ethyl adjacent to an activating group) is 1. The Labute approximate surface area is 123 Å². The SMILES string of the molecule is CSc1cccc(NC(=O)C(C)N(C)CCC(=O)O)c1. The van der Waals surface area contributed by atoms with Crippen molar-refractivity contribution in [1.82, 2.24) is 4.90 Å². The van der Waals surface area contributed by atoms with Crippen LogP contribution in [0.3, 0.4) is 0 Å². The molecule has 0 aromatic heterocycles. The summed E-state index contributed by atoms with van der Waals surface area (Å²) in [5.41, 5.74) is 0.750. The Kier molecular flexibility index (Phi) is 6.54. The van der Waals surface area contributed by atoms with Gasteiger partial charge in [0.25, 0.3) is 0 Å². The minimum absolute atomic E-state index is 0.0239. The summed E-state index contributed by atoms with van der Waals surface area (Å²) in [6.07, 6.45) is 2.00. The van der Waals surface area contributed by atoms with Crippen LogP contribution in [0.15, 0.2) is 29.2 Å². The number of hydrogen-bond acceptors (Lipinski definition) is 4. The number of rotatable bonds is 7. The van der Waals surface area contributed by atoms with Gasteiger partial charge in [-0.15, -0.1) is 11.8 Å². The maximum Gasteiger partial charge on any atom is 0.304 e. The molecule has 1 aromatic carbocycles. The molecule has 0 saturated carbocycles. The Morgan fingerprint density at radius 3 is 2.75 bits per heavy atom. The molecule has 0 spiro atoms. The lowest BCUT2D eigenvalue weighted by atomic mass is 10.2. The van der Waals surface area contributed by atoms with Gasteiger partial charge in [-0.25, -0.2) is 0 Å². The van der Waals surface area contributed by atoms with Crippen molar-refractivity contribution in [3.05, 3.63) is 24.3 Å². The molecule has 20 heavy (non-hydrogen) atoms. The van der Waals surface area contributed by atoms with E-state index in [4.69, 9.17) is 5.11 Å². The Bertz CT molecular complexity index is 479. The number of carbonyl (C=O) groups is 2. The van der Waals surface area contributed by atoms with Crippen LogP contribution >= 0.6 is 11.8 Å². The van der Waals surface area contributed by atoms with Gasteiger partial charge in [-0.05, 0) is 38.4 Å². The number of hydrogen-bond donors (Lipinski definition) is 2. The van der Waals surface area contributed by atoms with E-state index in [1.54, 1.807) is 30.6 Å². The van der Waals surface area contributed by atoms with E-state index in [2.05, 4.69) is 5.32 Å². The molecular weight excluding hydrogens is 276 g/mol. The summed E-state index contributed by atoms with van der Waals surface area (Å²) in [7, 11) is 1.74. The van der Waals surface area contributed by atoms with Crippen LogP contribution in [0.25, 0.3) is 0 Å². The number of benzene rings is 1. The van der Waals surface area contributed by atoms with E-state index in [9.17, 15) is 9.59 Å². The molecule has 6 heteroatoms. The predicted octanol–water partition coefficient (Wildman–Crippen LogP) is 2.14. The van der Waals surface area contributed by atoms with Crippen molar-refractivity contribution < 1.29 is 14.7 Å². The molecule has 0 aliphatic rings. The number of aliphatic carboxylic acids is 1. The molecule has 1 atom stereocenters. The monoisotopic (exact) mass is 296 g/mol. The van der Waals surface area contributed by atoms with Gasteiger partial charge in [-0.3, -0.25) is 14.5 Å². The fourth-order valence-corrected chi connectivity index (χ4v) is 2.07. The fraction of sp³-hybridized carbons (Fsp3) is 0.429. The van der Waals surface area contributed by atoms with Crippen LogP contribution in [0, 0.1) is 0 Å². The van der Waals surface area contributed by atoms with E-state index in [1.807, 2.05) is 30.5 Å². The first-order chi connectivity index (χ1) is 9.43. The number of nitrogens with zero attached hydrogens (tertiary/aromatic N) is 1. The van der Waals surface area contributed by atoms with E-state index in [-0.39, 0.29) is 18.4 Å². The molecule has 1 unspecified atom stereocenters. The van der Waals surface area contributed by atoms with Gasteiger partial charge in [0.1, 0.15) is 0 Å². The standard InChI is InChI=1S/C14H20N2O3S/c1-10(16(2)8-7-13(17)18)14(19)15-11-5-4-6-12(9-11)20-3/h4-6,9-10H,7-8H2,1-3H3,(H,15,19)(H,17,18). The molecule has 110 valence electrons. The zero-order valence-electron chi connectivity index (χ0n) is 11.9. The van der Waals surface area contributed by atoms with Crippen LogP contribution in [0.5, 0.6) is 0 Å². The first kappa shape index (κ1) is 16.5. The summed E-state index contributed by atoms with van der Waals surface area (Å²) >= 11 is 1.61. The third kappa shape index (κ3) is 5.22. The topological polar surface area (TPSA) is 69.6 Å². The summed E-state index contributed by atoms with van der Waals surface area (Å²) < 4.78 is 0. The molecule has 0 radical (unpaired) electrons. The van der Waals surface area contributed by atoms with Crippen LogP contribution in [-0.4, -0.2) is 47.8 Å². The van der Waals surface area contributed by atoms with Gasteiger partial charge in [0.05, 0.1) is 12.5 Å². The molecule has 0 heterocycles. The Morgan fingerprint density at radius 1 is 1.45 bits per heavy atom. The molecule has 0 aliphatic heterocycles. The number of nitrogens with one attached hydrogen (secondary N) is 1. The van der Waals surface area contributed by atoms with E-state index in [0.29, 0.717) is 6.54 Å². The van der Waals surface area contributed by atoms with Crippen molar-refractivity contribution in [2.75, 3.05) is 25.2 Å². The van der Waals surface area contributed by atoms with Crippen molar-refractivity contribution >= 4 is 29.3 Å². The zero-order valence-corrected chi connectivity index (χ0v) is 12.7. The van der Waals surface area contributed by atoms with Gasteiger partial charge < -0.3 is 10.4 Å². The number of carbonyl (C=O) groups excluding carboxylic acids is 1. The summed E-state index contributed by atoms with van der Waals surface area (Å²) in [6.45, 7) is 2.10. The molecular formula is C14H20N2O3S. The predicted molar refractivity (Wildman–Crippen MR) is 81.2 cm³/mol. The first-order valence-corrected chi connectivity index (χ1v) is 7.53. The highest BCUT2D eigenvalue weighted by Crippen LogP contribution is 2.19. The van der Waals surface area contributed by atoms with Crippen LogP contribution < -0.4 is 5.32 Å². The molecule has 2 N–H and O–H groups in total. The molecule has 0 bridgehead atoms. The fourth-order valence-electron chi connectivity index (χ4n) is 1.61. The van der Waals surface area contributed by atoms with E-state index in [0.717, 1.165) is 10.6 Å². The average Bonchev–Trinajstić information content (AvgIpc) is 2.43. The van der Waals surface area contributed by atoms with E-state index in [1.165, 1.54) is 0 Å². The van der Waals surface area contributed by atoms with Crippen molar-refractivity contribution in [3.8, 4) is 0 Å². The van der Waals surface area contributed by atoms with Crippen molar-refractivity contribution in [1.29, 1.82) is 0 Å². The zero-order chi connectivity index (χ0) is 15.1. The Hall–Kier alpha value is -1.53. The molecule has 1 amide bonds. The van der Waals surface area contributed by atoms with Gasteiger partial charge in [0.15, 0.2) is 0 Å². The molecule has 5 nitrogen and oxygen atoms in total. The lowest BCUT2D eigenvalue weighted by Gasteiger charge is -2.23. The third-order valence-corrected chi connectivity index (χ3v) is 3.78. The quantitative estimate of drug-likeness (QED) is 0.754. The van der Waals surface area contributed by atoms with Gasteiger partial charge >= 0.3 is 5.97 Å². The second-order valence-corrected chi connectivity index (χ2v) is 5.40. The highest BCUT2D eigenvalue weighted by molar-refractivity contribution is 7.98. The largest absolute Gasteiger partial charge is 0.481 e. The average molecular weight is 296 g/mol. The Balaban J connectivity index is 2.58. The molecule has 1 rings (SSSR count). The Morgan fingerprint density at radius 2 is 2.15 bits per heavy atom. The summed E-state index contributed by atoms with van der Waals surface area (Å²) in [6, 6.07) is 7.23. The minimum Gasteiger partial charge on any atom is -0.481 e. The van der Waals surface area contributed by atoms with E-state index < -0.39 is 5.97 Å². The highest BCUT2D eigenvalue weighted by Gasteiger charge is 2.18. The van der Waals surface area contributed by atoms with E-state index >= 15 is 0 Å². The molecule has 1 aromatic rings. The summed E-state index contributed by atoms with van der Waals surface area (Å²) in [4.78, 5) is 25.4. The maximum atomic E-state index is 12.1. The number of thioether (sulfide) groups is 1. The van der Waals surface area contributed by atoms with Gasteiger partial charge in [0.2, 0.25) is 5.91 Å². The number of amides is 1. The third-order valence-electron chi connectivity index (χ3n) is 3.06. The molecule has 0 fully saturated rings. The highest BCUT2D eigenvalue weighted by atomic mass is 32.2. The summed E-state index contributed by atoms with van der Waals surface area (Å²) in [5, 5.41) is 11.5. The van der Waals surface area contributed by atoms with Crippen LogP contribution in [0.4, 0.5) is 5.69 Å². The van der Waals surface area contributed by atoms with Crippen LogP contribution in [-0.2, 0) is 9.59 Å². The van der Waals surface area contributed by atoms with Gasteiger partial charge in [-0.1, -0.05) is 6.07 Å². The van der Waals surface area contributed by atoms with Crippen LogP contribution in [0.2, 0.25) is 0 Å². The minimum atomic E-state index is -0.864. The molecule has 0 saturated heterocycles. The second-order valence-electron chi connectivity index (χ2n) is 4.52. The number of carboxylic acid groups (broad SMARTS) is 1. The maximum absolute atomic E-state index is 12.1. The van der Waals surface area contributed by atoms with Gasteiger partial charge in [0, 0.05) is 17.1 Å². The lowest BCUT2D eigenvalue weighted by molar-refractivity contribution is -0.137. The smallest absolute Gasteiger partial charge is 0.304 e. The van der Waals surface area contributed by atoms with Crippen molar-refractivity contribution in [2.45, 2.75) is 24.3 Å². The van der Waals surface area contributed by atoms with Crippen molar-refractivity contribution in [3.63, 3.8) is 0 Å². The van der Waals surface area contributed by atoms with Crippen LogP contribution in [0.1, 0.15) is 13.3 Å². The first-order valence-electron chi connectivity index (χ1n) is 6.31. The lowest BCUT2D eigenvalue weighted by Crippen LogP contribution is -2.40. The number of carboxylic acids is 1. The van der Waals surface area contributed by atoms with Crippen molar-refractivity contribution in [2.24, 2.45) is 0 Å². The molecule has 0 aliphatic carbocycles. The van der Waals surface area contributed by atoms with Gasteiger partial charge in [-0.2, -0.15) is 0 Å². The summed E-state index contributed by atoms with van der Waals surface area (Å²) in [5.74, 6) is -1.01. The normalized spacial score (nSPS) is 12.2.